The second kappa shape index (κ2) is 12.9. The van der Waals surface area contributed by atoms with E-state index in [1.54, 1.807) is 6.20 Å². The molecule has 0 saturated heterocycles. The van der Waals surface area contributed by atoms with Crippen molar-refractivity contribution in [2.75, 3.05) is 0 Å². The van der Waals surface area contributed by atoms with Gasteiger partial charge in [-0.15, -0.1) is 0 Å². The van der Waals surface area contributed by atoms with E-state index in [1.165, 1.54) is 6.92 Å². The maximum atomic E-state index is 11.9. The molecule has 0 unspecified atom stereocenters. The van der Waals surface area contributed by atoms with E-state index < -0.39 is 17.2 Å². The molecule has 2 rings (SSSR count). The van der Waals surface area contributed by atoms with Crippen molar-refractivity contribution in [3.63, 3.8) is 0 Å². The van der Waals surface area contributed by atoms with E-state index in [0.717, 1.165) is 29.6 Å². The average Bonchev–Trinajstić information content (AvgIpc) is 2.65. The summed E-state index contributed by atoms with van der Waals surface area (Å²) >= 11 is 0. The summed E-state index contributed by atoms with van der Waals surface area (Å²) in [5.74, 6) is -0.321. The largest absolute Gasteiger partial charge is 0.416 e. The molecule has 0 aromatic carbocycles. The maximum Gasteiger partial charge on any atom is 0.416 e. The number of pyridine rings is 2. The highest BCUT2D eigenvalue weighted by atomic mass is 19.4. The number of carbonyl (C=O) groups excluding carboxylic acids is 1. The van der Waals surface area contributed by atoms with Crippen LogP contribution in [0.2, 0.25) is 0 Å². The van der Waals surface area contributed by atoms with Crippen molar-refractivity contribution in [1.82, 2.24) is 9.97 Å². The van der Waals surface area contributed by atoms with Gasteiger partial charge in [-0.25, -0.2) is 0 Å². The standard InChI is InChI=1S/C10H14N2O.C7H6F3N.2C2H6/c1-7-6-8(4-5-12-7)10(2,3)9(11)13;1-5-4-6(2-3-11-5)7(8,9)10;2*1-2/h4-6H,1-3H3,(H2,11,13);2-4H,1H3;2*1-2H3. The average molecular weight is 400 g/mol. The summed E-state index contributed by atoms with van der Waals surface area (Å²) in [5, 5.41) is 0. The molecule has 158 valence electrons. The number of hydrogen-bond acceptors (Lipinski definition) is 3. The topological polar surface area (TPSA) is 68.9 Å². The van der Waals surface area contributed by atoms with E-state index in [4.69, 9.17) is 5.73 Å². The molecule has 0 spiro atoms. The molecule has 2 N–H and O–H groups in total. The van der Waals surface area contributed by atoms with Crippen LogP contribution in [0.25, 0.3) is 0 Å². The normalized spacial score (nSPS) is 10.2. The van der Waals surface area contributed by atoms with E-state index in [0.29, 0.717) is 5.69 Å². The molecular formula is C21H32F3N3O. The SMILES string of the molecule is CC.CC.Cc1cc(C(C)(C)C(N)=O)ccn1.Cc1cc(C(F)(F)F)ccn1. The fourth-order valence-electron chi connectivity index (χ4n) is 1.80. The fraction of sp³-hybridized carbons (Fsp3) is 0.476. The minimum atomic E-state index is -4.26. The molecule has 4 nitrogen and oxygen atoms in total. The lowest BCUT2D eigenvalue weighted by Crippen LogP contribution is -2.35. The molecule has 1 amide bonds. The number of hydrogen-bond donors (Lipinski definition) is 1. The maximum absolute atomic E-state index is 11.9. The van der Waals surface area contributed by atoms with Gasteiger partial charge in [0.2, 0.25) is 5.91 Å². The van der Waals surface area contributed by atoms with E-state index in [1.807, 2.05) is 60.6 Å². The van der Waals surface area contributed by atoms with E-state index in [-0.39, 0.29) is 5.91 Å². The lowest BCUT2D eigenvalue weighted by Gasteiger charge is -2.20. The van der Waals surface area contributed by atoms with Crippen molar-refractivity contribution in [3.05, 3.63) is 59.2 Å². The first-order chi connectivity index (χ1) is 12.9. The zero-order valence-electron chi connectivity index (χ0n) is 18.0. The molecule has 0 aliphatic rings. The first-order valence-corrected chi connectivity index (χ1v) is 9.17. The third kappa shape index (κ3) is 9.48. The molecule has 0 saturated carbocycles. The predicted molar refractivity (Wildman–Crippen MR) is 108 cm³/mol. The molecule has 0 radical (unpaired) electrons. The van der Waals surface area contributed by atoms with Crippen molar-refractivity contribution in [1.29, 1.82) is 0 Å². The number of nitrogens with two attached hydrogens (primary N) is 1. The summed E-state index contributed by atoms with van der Waals surface area (Å²) < 4.78 is 35.8. The Labute approximate surface area is 166 Å². The van der Waals surface area contributed by atoms with Crippen LogP contribution in [0.3, 0.4) is 0 Å². The van der Waals surface area contributed by atoms with Gasteiger partial charge >= 0.3 is 6.18 Å². The van der Waals surface area contributed by atoms with E-state index in [9.17, 15) is 18.0 Å². The van der Waals surface area contributed by atoms with Gasteiger partial charge in [0, 0.05) is 23.8 Å². The number of amides is 1. The Bertz CT molecular complexity index is 714. The number of rotatable bonds is 2. The first kappa shape index (κ1) is 27.8. The summed E-state index contributed by atoms with van der Waals surface area (Å²) in [7, 11) is 0. The Hall–Kier alpha value is -2.44. The van der Waals surface area contributed by atoms with Gasteiger partial charge in [0.25, 0.3) is 0 Å². The van der Waals surface area contributed by atoms with Crippen LogP contribution in [-0.4, -0.2) is 15.9 Å². The molecule has 0 fully saturated rings. The highest BCUT2D eigenvalue weighted by molar-refractivity contribution is 5.85. The van der Waals surface area contributed by atoms with Gasteiger partial charge < -0.3 is 5.73 Å². The highest BCUT2D eigenvalue weighted by Crippen LogP contribution is 2.28. The molecule has 2 aromatic rings. The van der Waals surface area contributed by atoms with Crippen LogP contribution in [0.4, 0.5) is 13.2 Å². The Kier molecular flexibility index (Phi) is 12.8. The Morgan fingerprint density at radius 3 is 1.50 bits per heavy atom. The van der Waals surface area contributed by atoms with Crippen LogP contribution in [0, 0.1) is 13.8 Å². The van der Waals surface area contributed by atoms with Gasteiger partial charge in [0.05, 0.1) is 11.0 Å². The molecule has 0 aliphatic carbocycles. The minimum Gasteiger partial charge on any atom is -0.369 e. The van der Waals surface area contributed by atoms with Gasteiger partial charge in [-0.1, -0.05) is 27.7 Å². The van der Waals surface area contributed by atoms with Crippen LogP contribution in [0.15, 0.2) is 36.7 Å². The molecule has 2 aromatic heterocycles. The van der Waals surface area contributed by atoms with Crippen LogP contribution in [0.5, 0.6) is 0 Å². The first-order valence-electron chi connectivity index (χ1n) is 9.17. The summed E-state index contributed by atoms with van der Waals surface area (Å²) in [4.78, 5) is 18.8. The number of carbonyl (C=O) groups is 1. The lowest BCUT2D eigenvalue weighted by molar-refractivity contribution is -0.137. The second-order valence-electron chi connectivity index (χ2n) is 5.86. The van der Waals surface area contributed by atoms with Crippen LogP contribution in [0.1, 0.15) is 64.1 Å². The smallest absolute Gasteiger partial charge is 0.369 e. The van der Waals surface area contributed by atoms with E-state index in [2.05, 4.69) is 9.97 Å². The number of nitrogens with zero attached hydrogens (tertiary/aromatic N) is 2. The lowest BCUT2D eigenvalue weighted by atomic mass is 9.84. The molecule has 0 atom stereocenters. The predicted octanol–water partition coefficient (Wildman–Crippen LogP) is 5.61. The zero-order chi connectivity index (χ0) is 22.5. The molecular weight excluding hydrogens is 367 g/mol. The monoisotopic (exact) mass is 399 g/mol. The number of aromatic nitrogens is 2. The molecule has 28 heavy (non-hydrogen) atoms. The minimum absolute atomic E-state index is 0.321. The quantitative estimate of drug-likeness (QED) is 0.713. The summed E-state index contributed by atoms with van der Waals surface area (Å²) in [6, 6.07) is 5.66. The zero-order valence-corrected chi connectivity index (χ0v) is 18.0. The summed E-state index contributed by atoms with van der Waals surface area (Å²) in [5.41, 5.74) is 6.21. The molecule has 2 heterocycles. The van der Waals surface area contributed by atoms with Crippen molar-refractivity contribution in [2.45, 2.75) is 67.0 Å². The molecule has 0 aliphatic heterocycles. The van der Waals surface area contributed by atoms with Crippen LogP contribution >= 0.6 is 0 Å². The number of primary amides is 1. The Morgan fingerprint density at radius 2 is 1.21 bits per heavy atom. The Balaban J connectivity index is 0. The molecule has 7 heteroatoms. The van der Waals surface area contributed by atoms with Gasteiger partial charge in [0.15, 0.2) is 0 Å². The van der Waals surface area contributed by atoms with Crippen molar-refractivity contribution >= 4 is 5.91 Å². The van der Waals surface area contributed by atoms with Crippen LogP contribution in [-0.2, 0) is 16.4 Å². The van der Waals surface area contributed by atoms with Gasteiger partial charge in [-0.05, 0) is 57.5 Å². The van der Waals surface area contributed by atoms with Gasteiger partial charge in [-0.2, -0.15) is 13.2 Å². The third-order valence-corrected chi connectivity index (χ3v) is 3.46. The Morgan fingerprint density at radius 1 is 0.857 bits per heavy atom. The van der Waals surface area contributed by atoms with E-state index >= 15 is 0 Å². The van der Waals surface area contributed by atoms with Crippen molar-refractivity contribution in [3.8, 4) is 0 Å². The third-order valence-electron chi connectivity index (χ3n) is 3.46. The second-order valence-corrected chi connectivity index (χ2v) is 5.86. The van der Waals surface area contributed by atoms with Crippen molar-refractivity contribution < 1.29 is 18.0 Å². The number of alkyl halides is 3. The van der Waals surface area contributed by atoms with Crippen LogP contribution < -0.4 is 5.73 Å². The number of aryl methyl sites for hydroxylation is 2. The van der Waals surface area contributed by atoms with Crippen molar-refractivity contribution in [2.24, 2.45) is 5.73 Å². The molecule has 0 bridgehead atoms. The van der Waals surface area contributed by atoms with Gasteiger partial charge in [-0.3, -0.25) is 14.8 Å². The number of halogens is 3. The summed E-state index contributed by atoms with van der Waals surface area (Å²) in [6.45, 7) is 15.0. The fourth-order valence-corrected chi connectivity index (χ4v) is 1.80. The van der Waals surface area contributed by atoms with Gasteiger partial charge in [0.1, 0.15) is 0 Å². The summed E-state index contributed by atoms with van der Waals surface area (Å²) in [6.07, 6.45) is -1.42. The highest BCUT2D eigenvalue weighted by Gasteiger charge is 2.30.